The molecular formula is C22H29NO5. The zero-order valence-electron chi connectivity index (χ0n) is 16.4. The molecule has 1 amide bonds. The van der Waals surface area contributed by atoms with E-state index in [0.717, 1.165) is 25.7 Å². The molecule has 0 aromatic heterocycles. The van der Waals surface area contributed by atoms with Gasteiger partial charge in [-0.25, -0.2) is 0 Å². The highest BCUT2D eigenvalue weighted by molar-refractivity contribution is 5.94. The van der Waals surface area contributed by atoms with Crippen LogP contribution in [0.5, 0.6) is 5.75 Å². The predicted octanol–water partition coefficient (Wildman–Crippen LogP) is 3.29. The lowest BCUT2D eigenvalue weighted by Gasteiger charge is -2.60. The van der Waals surface area contributed by atoms with Crippen molar-refractivity contribution >= 4 is 17.6 Å². The first-order valence-corrected chi connectivity index (χ1v) is 10.3. The lowest BCUT2D eigenvalue weighted by atomic mass is 9.47. The van der Waals surface area contributed by atoms with Gasteiger partial charge < -0.3 is 19.9 Å². The molecule has 2 unspecified atom stereocenters. The van der Waals surface area contributed by atoms with Gasteiger partial charge in [-0.3, -0.25) is 9.59 Å². The van der Waals surface area contributed by atoms with Crippen molar-refractivity contribution in [1.29, 1.82) is 0 Å². The lowest BCUT2D eigenvalue weighted by Crippen LogP contribution is -2.56. The number of carbonyl (C=O) groups excluding carboxylic acids is 2. The molecule has 0 heterocycles. The first-order valence-electron chi connectivity index (χ1n) is 10.3. The smallest absolute Gasteiger partial charge is 0.306 e. The predicted molar refractivity (Wildman–Crippen MR) is 104 cm³/mol. The van der Waals surface area contributed by atoms with Crippen LogP contribution in [0.25, 0.3) is 0 Å². The number of amides is 1. The maximum atomic E-state index is 12.4. The number of ether oxygens (including phenoxy) is 2. The van der Waals surface area contributed by atoms with Gasteiger partial charge >= 0.3 is 5.97 Å². The zero-order valence-corrected chi connectivity index (χ0v) is 16.4. The third kappa shape index (κ3) is 4.02. The minimum Gasteiger partial charge on any atom is -0.492 e. The lowest BCUT2D eigenvalue weighted by molar-refractivity contribution is -0.177. The summed E-state index contributed by atoms with van der Waals surface area (Å²) < 4.78 is 10.8. The first-order chi connectivity index (χ1) is 13.4. The number of hydrogen-bond donors (Lipinski definition) is 2. The number of benzene rings is 1. The molecule has 6 heteroatoms. The van der Waals surface area contributed by atoms with E-state index in [0.29, 0.717) is 42.7 Å². The molecule has 4 atom stereocenters. The quantitative estimate of drug-likeness (QED) is 0.702. The minimum atomic E-state index is -0.593. The average molecular weight is 387 g/mol. The zero-order chi connectivity index (χ0) is 19.8. The van der Waals surface area contributed by atoms with Crippen molar-refractivity contribution in [2.24, 2.45) is 17.3 Å². The van der Waals surface area contributed by atoms with Gasteiger partial charge in [0, 0.05) is 0 Å². The second-order valence-electron chi connectivity index (χ2n) is 9.00. The highest BCUT2D eigenvalue weighted by Crippen LogP contribution is 2.62. The molecule has 4 saturated carbocycles. The normalized spacial score (nSPS) is 32.8. The SMILES string of the molecule is CCOc1ccccc1NC(=O)COC(=O)CC12C[C@@H]3C[C@@H](CC(O)(C3)C1)C2. The Hall–Kier alpha value is -2.08. The van der Waals surface area contributed by atoms with Crippen LogP contribution in [0.4, 0.5) is 5.69 Å². The third-order valence-corrected chi connectivity index (χ3v) is 6.50. The van der Waals surface area contributed by atoms with Crippen LogP contribution in [0.15, 0.2) is 24.3 Å². The van der Waals surface area contributed by atoms with E-state index < -0.39 is 5.60 Å². The Bertz CT molecular complexity index is 747. The number of hydrogen-bond acceptors (Lipinski definition) is 5. The second kappa shape index (κ2) is 7.39. The largest absolute Gasteiger partial charge is 0.492 e. The van der Waals surface area contributed by atoms with Gasteiger partial charge in [0.15, 0.2) is 6.61 Å². The van der Waals surface area contributed by atoms with Gasteiger partial charge in [0.1, 0.15) is 5.75 Å². The van der Waals surface area contributed by atoms with Crippen LogP contribution in [0.2, 0.25) is 0 Å². The van der Waals surface area contributed by atoms with Gasteiger partial charge in [-0.1, -0.05) is 12.1 Å². The van der Waals surface area contributed by atoms with Gasteiger partial charge in [0.2, 0.25) is 0 Å². The van der Waals surface area contributed by atoms with E-state index in [2.05, 4.69) is 5.32 Å². The third-order valence-electron chi connectivity index (χ3n) is 6.50. The summed E-state index contributed by atoms with van der Waals surface area (Å²) in [5.41, 5.74) is -0.174. The van der Waals surface area contributed by atoms with Gasteiger partial charge in [-0.05, 0) is 74.8 Å². The topological polar surface area (TPSA) is 84.9 Å². The Morgan fingerprint density at radius 2 is 1.89 bits per heavy atom. The van der Waals surface area contributed by atoms with E-state index in [1.807, 2.05) is 19.1 Å². The number of nitrogens with one attached hydrogen (secondary N) is 1. The van der Waals surface area contributed by atoms with Crippen molar-refractivity contribution < 1.29 is 24.2 Å². The van der Waals surface area contributed by atoms with E-state index in [1.165, 1.54) is 6.42 Å². The highest BCUT2D eigenvalue weighted by atomic mass is 16.5. The fraction of sp³-hybridized carbons (Fsp3) is 0.636. The number of aliphatic hydroxyl groups is 1. The number of rotatable bonds is 7. The summed E-state index contributed by atoms with van der Waals surface area (Å²) in [6, 6.07) is 7.17. The summed E-state index contributed by atoms with van der Waals surface area (Å²) in [5.74, 6) is 0.907. The number of para-hydroxylation sites is 2. The van der Waals surface area contributed by atoms with E-state index >= 15 is 0 Å². The first kappa shape index (κ1) is 19.2. The van der Waals surface area contributed by atoms with E-state index in [1.54, 1.807) is 12.1 Å². The maximum Gasteiger partial charge on any atom is 0.306 e. The molecule has 4 fully saturated rings. The molecule has 28 heavy (non-hydrogen) atoms. The maximum absolute atomic E-state index is 12.4. The van der Waals surface area contributed by atoms with Crippen molar-refractivity contribution in [1.82, 2.24) is 0 Å². The summed E-state index contributed by atoms with van der Waals surface area (Å²) in [5, 5.41) is 13.5. The standard InChI is InChI=1S/C22H29NO5/c1-2-27-18-6-4-3-5-17(18)23-19(24)13-28-20(25)12-21-8-15-7-16(9-21)11-22(26,10-15)14-21/h3-6,15-16,26H,2,7-14H2,1H3,(H,23,24)/t15-,16+,21?,22?. The molecule has 5 rings (SSSR count). The molecule has 2 N–H and O–H groups in total. The summed E-state index contributed by atoms with van der Waals surface area (Å²) in [6.07, 6.45) is 5.91. The molecule has 6 nitrogen and oxygen atoms in total. The number of esters is 1. The average Bonchev–Trinajstić information content (AvgIpc) is 2.59. The fourth-order valence-electron chi connectivity index (χ4n) is 6.15. The molecule has 1 aromatic carbocycles. The molecule has 0 radical (unpaired) electrons. The molecule has 152 valence electrons. The molecule has 4 bridgehead atoms. The molecule has 0 saturated heterocycles. The Balaban J connectivity index is 1.30. The number of carbonyl (C=O) groups is 2. The summed E-state index contributed by atoms with van der Waals surface area (Å²) in [6.45, 7) is 2.06. The molecular weight excluding hydrogens is 358 g/mol. The summed E-state index contributed by atoms with van der Waals surface area (Å²) in [4.78, 5) is 24.7. The van der Waals surface area contributed by atoms with E-state index in [-0.39, 0.29) is 23.9 Å². The van der Waals surface area contributed by atoms with Crippen LogP contribution in [-0.4, -0.2) is 35.8 Å². The summed E-state index contributed by atoms with van der Waals surface area (Å²) in [7, 11) is 0. The Morgan fingerprint density at radius 3 is 2.57 bits per heavy atom. The van der Waals surface area contributed by atoms with Crippen LogP contribution in [0.3, 0.4) is 0 Å². The molecule has 4 aliphatic rings. The highest BCUT2D eigenvalue weighted by Gasteiger charge is 2.57. The van der Waals surface area contributed by atoms with Gasteiger partial charge in [-0.2, -0.15) is 0 Å². The molecule has 0 spiro atoms. The van der Waals surface area contributed by atoms with Gasteiger partial charge in [0.25, 0.3) is 5.91 Å². The van der Waals surface area contributed by atoms with Crippen molar-refractivity contribution in [3.63, 3.8) is 0 Å². The Morgan fingerprint density at radius 1 is 1.18 bits per heavy atom. The van der Waals surface area contributed by atoms with E-state index in [9.17, 15) is 14.7 Å². The number of anilines is 1. The van der Waals surface area contributed by atoms with Crippen molar-refractivity contribution in [2.45, 2.75) is 57.5 Å². The van der Waals surface area contributed by atoms with Crippen LogP contribution < -0.4 is 10.1 Å². The molecule has 0 aliphatic heterocycles. The minimum absolute atomic E-state index is 0.145. The van der Waals surface area contributed by atoms with E-state index in [4.69, 9.17) is 9.47 Å². The Labute approximate surface area is 165 Å². The summed E-state index contributed by atoms with van der Waals surface area (Å²) >= 11 is 0. The van der Waals surface area contributed by atoms with Crippen LogP contribution in [0, 0.1) is 17.3 Å². The fourth-order valence-corrected chi connectivity index (χ4v) is 6.15. The molecule has 1 aromatic rings. The Kier molecular flexibility index (Phi) is 5.08. The van der Waals surface area contributed by atoms with Crippen molar-refractivity contribution in [3.8, 4) is 5.75 Å². The monoisotopic (exact) mass is 387 g/mol. The van der Waals surface area contributed by atoms with Crippen molar-refractivity contribution in [3.05, 3.63) is 24.3 Å². The van der Waals surface area contributed by atoms with Crippen LogP contribution in [0.1, 0.15) is 51.9 Å². The second-order valence-corrected chi connectivity index (χ2v) is 9.00. The van der Waals surface area contributed by atoms with Gasteiger partial charge in [0.05, 0.1) is 24.3 Å². The van der Waals surface area contributed by atoms with Crippen molar-refractivity contribution in [2.75, 3.05) is 18.5 Å². The van der Waals surface area contributed by atoms with Crippen LogP contribution >= 0.6 is 0 Å². The molecule has 4 aliphatic carbocycles. The van der Waals surface area contributed by atoms with Crippen LogP contribution in [-0.2, 0) is 14.3 Å². The van der Waals surface area contributed by atoms with Gasteiger partial charge in [-0.15, -0.1) is 0 Å².